The molecule has 0 aliphatic carbocycles. The summed E-state index contributed by atoms with van der Waals surface area (Å²) in [6.45, 7) is 16.9. The number of benzene rings is 3. The molecule has 3 rings (SSSR count). The summed E-state index contributed by atoms with van der Waals surface area (Å²) in [4.78, 5) is 0. The molecule has 3 aromatic carbocycles. The zero-order chi connectivity index (χ0) is 37.8. The molecular formula is C41H66O8. The van der Waals surface area contributed by atoms with Gasteiger partial charge in [-0.05, 0) is 54.7 Å². The predicted octanol–water partition coefficient (Wildman–Crippen LogP) is 6.66. The van der Waals surface area contributed by atoms with Crippen LogP contribution in [0.15, 0.2) is 91.0 Å². The third-order valence-corrected chi connectivity index (χ3v) is 7.69. The fourth-order valence-electron chi connectivity index (χ4n) is 4.38. The van der Waals surface area contributed by atoms with E-state index in [1.54, 1.807) is 20.8 Å². The Morgan fingerprint density at radius 1 is 0.367 bits per heavy atom. The van der Waals surface area contributed by atoms with Crippen molar-refractivity contribution in [3.05, 3.63) is 108 Å². The Labute approximate surface area is 295 Å². The summed E-state index contributed by atoms with van der Waals surface area (Å²) in [7, 11) is 0. The minimum absolute atomic E-state index is 0.147. The maximum Gasteiger partial charge on any atom is 0.0818 e. The molecular weight excluding hydrogens is 620 g/mol. The van der Waals surface area contributed by atoms with Crippen LogP contribution in [0, 0.1) is 10.8 Å². The smallest absolute Gasteiger partial charge is 0.0818 e. The highest BCUT2D eigenvalue weighted by molar-refractivity contribution is 5.21. The largest absolute Gasteiger partial charge is 0.393 e. The first-order valence-corrected chi connectivity index (χ1v) is 17.2. The summed E-state index contributed by atoms with van der Waals surface area (Å²) >= 11 is 0. The zero-order valence-electron chi connectivity index (χ0n) is 31.2. The van der Waals surface area contributed by atoms with Gasteiger partial charge in [0.1, 0.15) is 0 Å². The van der Waals surface area contributed by atoms with Crippen molar-refractivity contribution < 1.29 is 40.9 Å². The minimum Gasteiger partial charge on any atom is -0.393 e. The third-order valence-electron chi connectivity index (χ3n) is 7.69. The number of aliphatic hydroxyl groups excluding tert-OH is 8. The maximum atomic E-state index is 9.99. The first-order chi connectivity index (χ1) is 22.6. The highest BCUT2D eigenvalue weighted by Crippen LogP contribution is 2.29. The van der Waals surface area contributed by atoms with E-state index >= 15 is 0 Å². The van der Waals surface area contributed by atoms with E-state index in [2.05, 4.69) is 0 Å². The van der Waals surface area contributed by atoms with Crippen molar-refractivity contribution in [1.29, 1.82) is 0 Å². The van der Waals surface area contributed by atoms with Crippen molar-refractivity contribution in [2.45, 2.75) is 137 Å². The second-order valence-corrected chi connectivity index (χ2v) is 15.0. The van der Waals surface area contributed by atoms with Gasteiger partial charge in [0.25, 0.3) is 0 Å². The van der Waals surface area contributed by atoms with Gasteiger partial charge in [0.15, 0.2) is 0 Å². The molecule has 0 aliphatic rings. The van der Waals surface area contributed by atoms with E-state index in [1.807, 2.05) is 133 Å². The van der Waals surface area contributed by atoms with Crippen LogP contribution in [0.3, 0.4) is 0 Å². The zero-order valence-corrected chi connectivity index (χ0v) is 31.2. The van der Waals surface area contributed by atoms with Gasteiger partial charge in [-0.25, -0.2) is 0 Å². The first-order valence-electron chi connectivity index (χ1n) is 17.2. The van der Waals surface area contributed by atoms with Crippen molar-refractivity contribution >= 4 is 0 Å². The van der Waals surface area contributed by atoms with Gasteiger partial charge >= 0.3 is 0 Å². The van der Waals surface area contributed by atoms with Crippen molar-refractivity contribution in [3.8, 4) is 0 Å². The number of hydrogen-bond donors (Lipinski definition) is 8. The molecule has 0 bridgehead atoms. The van der Waals surface area contributed by atoms with E-state index in [-0.39, 0.29) is 23.0 Å². The van der Waals surface area contributed by atoms with E-state index in [9.17, 15) is 25.5 Å². The molecule has 8 atom stereocenters. The van der Waals surface area contributed by atoms with Crippen molar-refractivity contribution in [2.75, 3.05) is 0 Å². The van der Waals surface area contributed by atoms with Gasteiger partial charge in [0.05, 0.1) is 48.8 Å². The van der Waals surface area contributed by atoms with Gasteiger partial charge in [-0.1, -0.05) is 133 Å². The Bertz CT molecular complexity index is 1120. The molecule has 8 N–H and O–H groups in total. The molecule has 0 aromatic heterocycles. The summed E-state index contributed by atoms with van der Waals surface area (Å²) in [6.07, 6.45) is -2.28. The average molecular weight is 687 g/mol. The molecule has 0 amide bonds. The molecule has 49 heavy (non-hydrogen) atoms. The standard InChI is InChI=1S/C15H16O2.C11H24O2.C10H14O2.C5H12O2/c16-14(12-7-3-1-4-8-12)11-15(17)13-9-5-2-6-10-13;1-10(2,3)8(12)7-9(13)11(4,5)6;1-8(11)7-10(12)9-5-3-2-4-6-9;1-4(6)3-5(2)7/h1-10,14-17H,11H2;8-9,12-13H,7H2,1-6H3;2-6,8,10-12H,7H2,1H3;4-7H,3H2,1-2H3. The van der Waals surface area contributed by atoms with Gasteiger partial charge in [-0.15, -0.1) is 0 Å². The van der Waals surface area contributed by atoms with E-state index in [0.29, 0.717) is 25.7 Å². The summed E-state index contributed by atoms with van der Waals surface area (Å²) in [5.41, 5.74) is 2.24. The SMILES string of the molecule is CC(C)(C)C(O)CC(O)C(C)(C)C.CC(O)CC(C)O.CC(O)CC(O)c1ccccc1.OC(CC(O)c1ccccc1)c1ccccc1. The van der Waals surface area contributed by atoms with Gasteiger partial charge < -0.3 is 40.9 Å². The second-order valence-electron chi connectivity index (χ2n) is 15.0. The molecule has 3 aromatic rings. The number of aliphatic hydroxyl groups is 8. The maximum absolute atomic E-state index is 9.99. The van der Waals surface area contributed by atoms with Crippen LogP contribution >= 0.6 is 0 Å². The lowest BCUT2D eigenvalue weighted by atomic mass is 9.79. The summed E-state index contributed by atoms with van der Waals surface area (Å²) in [5, 5.41) is 75.2. The molecule has 0 radical (unpaired) electrons. The molecule has 278 valence electrons. The van der Waals surface area contributed by atoms with Gasteiger partial charge in [0, 0.05) is 19.3 Å². The monoisotopic (exact) mass is 686 g/mol. The van der Waals surface area contributed by atoms with E-state index < -0.39 is 36.6 Å². The third kappa shape index (κ3) is 22.6. The predicted molar refractivity (Wildman–Crippen MR) is 199 cm³/mol. The van der Waals surface area contributed by atoms with Crippen LogP contribution in [0.1, 0.15) is 123 Å². The molecule has 8 heteroatoms. The highest BCUT2D eigenvalue weighted by atomic mass is 16.3. The lowest BCUT2D eigenvalue weighted by Gasteiger charge is -2.32. The normalized spacial score (nSPS) is 16.3. The van der Waals surface area contributed by atoms with E-state index in [0.717, 1.165) is 16.7 Å². The molecule has 8 nitrogen and oxygen atoms in total. The molecule has 0 fully saturated rings. The fourth-order valence-corrected chi connectivity index (χ4v) is 4.38. The van der Waals surface area contributed by atoms with E-state index in [4.69, 9.17) is 15.3 Å². The lowest BCUT2D eigenvalue weighted by Crippen LogP contribution is -2.35. The average Bonchev–Trinajstić information content (AvgIpc) is 3.01. The molecule has 0 saturated carbocycles. The Morgan fingerprint density at radius 3 is 0.816 bits per heavy atom. The topological polar surface area (TPSA) is 162 Å². The minimum atomic E-state index is -0.633. The van der Waals surface area contributed by atoms with Gasteiger partial charge in [-0.3, -0.25) is 0 Å². The van der Waals surface area contributed by atoms with Crippen LogP contribution in [0.25, 0.3) is 0 Å². The Morgan fingerprint density at radius 2 is 0.612 bits per heavy atom. The van der Waals surface area contributed by atoms with Crippen LogP contribution in [-0.4, -0.2) is 71.4 Å². The molecule has 0 heterocycles. The highest BCUT2D eigenvalue weighted by Gasteiger charge is 2.30. The fraction of sp³-hybridized carbons (Fsp3) is 0.561. The van der Waals surface area contributed by atoms with Gasteiger partial charge in [-0.2, -0.15) is 0 Å². The van der Waals surface area contributed by atoms with Crippen LogP contribution in [-0.2, 0) is 0 Å². The van der Waals surface area contributed by atoms with Crippen LogP contribution in [0.4, 0.5) is 0 Å². The summed E-state index contributed by atoms with van der Waals surface area (Å²) in [6, 6.07) is 28.2. The van der Waals surface area contributed by atoms with Crippen molar-refractivity contribution in [3.63, 3.8) is 0 Å². The Hall–Kier alpha value is -2.66. The summed E-state index contributed by atoms with van der Waals surface area (Å²) in [5.74, 6) is 0. The molecule has 8 unspecified atom stereocenters. The van der Waals surface area contributed by atoms with Crippen LogP contribution in [0.2, 0.25) is 0 Å². The number of rotatable bonds is 11. The number of hydrogen-bond acceptors (Lipinski definition) is 8. The van der Waals surface area contributed by atoms with Gasteiger partial charge in [0.2, 0.25) is 0 Å². The van der Waals surface area contributed by atoms with Crippen LogP contribution < -0.4 is 0 Å². The van der Waals surface area contributed by atoms with Crippen LogP contribution in [0.5, 0.6) is 0 Å². The molecule has 0 saturated heterocycles. The van der Waals surface area contributed by atoms with Crippen molar-refractivity contribution in [2.24, 2.45) is 10.8 Å². The quantitative estimate of drug-likeness (QED) is 0.111. The van der Waals surface area contributed by atoms with E-state index in [1.165, 1.54) is 0 Å². The molecule has 0 aliphatic heterocycles. The summed E-state index contributed by atoms with van der Waals surface area (Å²) < 4.78 is 0. The Balaban J connectivity index is 0.000000654. The molecule has 0 spiro atoms. The Kier molecular flexibility index (Phi) is 22.4. The lowest BCUT2D eigenvalue weighted by molar-refractivity contribution is -0.0239. The second kappa shape index (κ2) is 23.7. The first kappa shape index (κ1) is 46.3. The van der Waals surface area contributed by atoms with Crippen molar-refractivity contribution in [1.82, 2.24) is 0 Å².